The van der Waals surface area contributed by atoms with E-state index in [1.807, 2.05) is 25.1 Å². The van der Waals surface area contributed by atoms with Crippen LogP contribution >= 0.6 is 0 Å². The number of nitrogens with one attached hydrogen (secondary N) is 2. The number of aryl methyl sites for hydroxylation is 2. The van der Waals surface area contributed by atoms with Crippen molar-refractivity contribution in [3.8, 4) is 5.75 Å². The Bertz CT molecular complexity index is 644. The molecule has 2 N–H and O–H groups in total. The van der Waals surface area contributed by atoms with E-state index in [1.54, 1.807) is 6.92 Å². The summed E-state index contributed by atoms with van der Waals surface area (Å²) in [4.78, 5) is 12.3. The fourth-order valence-electron chi connectivity index (χ4n) is 2.25. The first kappa shape index (κ1) is 12.7. The molecular weight excluding hydrogens is 258 g/mol. The minimum absolute atomic E-state index is 0.175. The number of benzene rings is 1. The number of nitrogens with zero attached hydrogens (tertiary/aromatic N) is 1. The lowest BCUT2D eigenvalue weighted by Gasteiger charge is -2.18. The summed E-state index contributed by atoms with van der Waals surface area (Å²) in [5.41, 5.74) is 3.65. The zero-order chi connectivity index (χ0) is 14.1. The van der Waals surface area contributed by atoms with Crippen LogP contribution in [-0.2, 0) is 11.3 Å². The van der Waals surface area contributed by atoms with Crippen LogP contribution in [0.25, 0.3) is 0 Å². The Kier molecular flexibility index (Phi) is 3.15. The summed E-state index contributed by atoms with van der Waals surface area (Å²) in [5.74, 6) is 0.622. The van der Waals surface area contributed by atoms with Gasteiger partial charge < -0.3 is 14.8 Å². The maximum absolute atomic E-state index is 12.3. The van der Waals surface area contributed by atoms with Gasteiger partial charge in [-0.15, -0.1) is 0 Å². The topological polar surface area (TPSA) is 76.2 Å². The first-order chi connectivity index (χ1) is 9.65. The Morgan fingerprint density at radius 1 is 1.40 bits per heavy atom. The molecule has 0 bridgehead atoms. The molecule has 1 aromatic heterocycles. The number of fused-ring (bicyclic) bond motifs is 1. The summed E-state index contributed by atoms with van der Waals surface area (Å²) >= 11 is 0. The molecule has 2 aromatic rings. The zero-order valence-electron chi connectivity index (χ0n) is 11.3. The van der Waals surface area contributed by atoms with Gasteiger partial charge in [-0.3, -0.25) is 9.89 Å². The van der Waals surface area contributed by atoms with Gasteiger partial charge >= 0.3 is 0 Å². The number of H-pyrrole nitrogens is 1. The van der Waals surface area contributed by atoms with Gasteiger partial charge in [0, 0.05) is 16.9 Å². The van der Waals surface area contributed by atoms with Gasteiger partial charge in [0.25, 0.3) is 5.91 Å². The van der Waals surface area contributed by atoms with E-state index in [0.717, 1.165) is 17.0 Å². The maximum atomic E-state index is 12.3. The molecule has 1 aromatic carbocycles. The average molecular weight is 273 g/mol. The molecule has 0 saturated carbocycles. The lowest BCUT2D eigenvalue weighted by molar-refractivity contribution is -0.0163. The zero-order valence-corrected chi connectivity index (χ0v) is 11.3. The van der Waals surface area contributed by atoms with Crippen LogP contribution in [0, 0.1) is 13.8 Å². The fraction of sp³-hybridized carbons (Fsp3) is 0.286. The molecule has 1 amide bonds. The van der Waals surface area contributed by atoms with Gasteiger partial charge in [0.1, 0.15) is 5.75 Å². The van der Waals surface area contributed by atoms with Crippen molar-refractivity contribution in [2.24, 2.45) is 0 Å². The van der Waals surface area contributed by atoms with Crippen LogP contribution < -0.4 is 10.1 Å². The number of aromatic nitrogens is 2. The van der Waals surface area contributed by atoms with Crippen molar-refractivity contribution in [2.75, 3.05) is 12.1 Å². The number of carbonyl (C=O) groups excluding carboxylic acids is 1. The fourth-order valence-corrected chi connectivity index (χ4v) is 2.25. The Balaban J connectivity index is 1.83. The SMILES string of the molecule is Cc1n[nH]c(C)c1C(=O)Nc1ccc2c(c1)COCO2. The van der Waals surface area contributed by atoms with E-state index < -0.39 is 0 Å². The van der Waals surface area contributed by atoms with Gasteiger partial charge in [-0.2, -0.15) is 5.10 Å². The number of rotatable bonds is 2. The van der Waals surface area contributed by atoms with Crippen molar-refractivity contribution < 1.29 is 14.3 Å². The van der Waals surface area contributed by atoms with E-state index in [2.05, 4.69) is 15.5 Å². The van der Waals surface area contributed by atoms with Gasteiger partial charge in [0.2, 0.25) is 0 Å². The van der Waals surface area contributed by atoms with E-state index in [4.69, 9.17) is 9.47 Å². The molecule has 104 valence electrons. The summed E-state index contributed by atoms with van der Waals surface area (Å²) in [6, 6.07) is 5.51. The highest BCUT2D eigenvalue weighted by Gasteiger charge is 2.17. The summed E-state index contributed by atoms with van der Waals surface area (Å²) in [5, 5.41) is 9.69. The van der Waals surface area contributed by atoms with Crippen molar-refractivity contribution in [1.29, 1.82) is 0 Å². The number of ether oxygens (including phenoxy) is 2. The molecule has 20 heavy (non-hydrogen) atoms. The van der Waals surface area contributed by atoms with Gasteiger partial charge in [0.05, 0.1) is 17.9 Å². The van der Waals surface area contributed by atoms with Crippen molar-refractivity contribution in [1.82, 2.24) is 10.2 Å². The maximum Gasteiger partial charge on any atom is 0.259 e. The van der Waals surface area contributed by atoms with Crippen molar-refractivity contribution in [3.05, 3.63) is 40.7 Å². The molecule has 0 atom stereocenters. The normalized spacial score (nSPS) is 13.5. The Hall–Kier alpha value is -2.34. The summed E-state index contributed by atoms with van der Waals surface area (Å²) < 4.78 is 10.6. The molecule has 0 aliphatic carbocycles. The van der Waals surface area contributed by atoms with Crippen molar-refractivity contribution >= 4 is 11.6 Å². The van der Waals surface area contributed by atoms with Crippen molar-refractivity contribution in [3.63, 3.8) is 0 Å². The average Bonchev–Trinajstić information content (AvgIpc) is 2.78. The van der Waals surface area contributed by atoms with E-state index in [9.17, 15) is 4.79 Å². The number of anilines is 1. The number of amides is 1. The standard InChI is InChI=1S/C14H15N3O3/c1-8-13(9(2)17-16-8)14(18)15-11-3-4-12-10(5-11)6-19-7-20-12/h3-5H,6-7H2,1-2H3,(H,15,18)(H,16,17). The largest absolute Gasteiger partial charge is 0.467 e. The van der Waals surface area contributed by atoms with Crippen molar-refractivity contribution in [2.45, 2.75) is 20.5 Å². The third-order valence-electron chi connectivity index (χ3n) is 3.23. The minimum atomic E-state index is -0.175. The Morgan fingerprint density at radius 2 is 2.25 bits per heavy atom. The minimum Gasteiger partial charge on any atom is -0.467 e. The number of aromatic amines is 1. The highest BCUT2D eigenvalue weighted by Crippen LogP contribution is 2.27. The second-order valence-electron chi connectivity index (χ2n) is 4.70. The molecule has 0 radical (unpaired) electrons. The Labute approximate surface area is 116 Å². The van der Waals surface area contributed by atoms with Crippen LogP contribution in [0.3, 0.4) is 0 Å². The quantitative estimate of drug-likeness (QED) is 0.879. The molecule has 6 nitrogen and oxygen atoms in total. The van der Waals surface area contributed by atoms with E-state index >= 15 is 0 Å². The second kappa shape index (κ2) is 4.97. The molecular formula is C14H15N3O3. The van der Waals surface area contributed by atoms with Crippen LogP contribution in [0.1, 0.15) is 27.3 Å². The number of hydrogen-bond donors (Lipinski definition) is 2. The van der Waals surface area contributed by atoms with E-state index in [1.165, 1.54) is 0 Å². The number of hydrogen-bond acceptors (Lipinski definition) is 4. The third-order valence-corrected chi connectivity index (χ3v) is 3.23. The predicted octanol–water partition coefficient (Wildman–Crippen LogP) is 2.15. The second-order valence-corrected chi connectivity index (χ2v) is 4.70. The van der Waals surface area contributed by atoms with Crippen LogP contribution in [-0.4, -0.2) is 22.9 Å². The monoisotopic (exact) mass is 273 g/mol. The molecule has 0 spiro atoms. The Morgan fingerprint density at radius 3 is 3.00 bits per heavy atom. The van der Waals surface area contributed by atoms with Crippen LogP contribution in [0.4, 0.5) is 5.69 Å². The first-order valence-electron chi connectivity index (χ1n) is 6.31. The van der Waals surface area contributed by atoms with E-state index in [-0.39, 0.29) is 12.7 Å². The van der Waals surface area contributed by atoms with Crippen LogP contribution in [0.2, 0.25) is 0 Å². The molecule has 0 fully saturated rings. The van der Waals surface area contributed by atoms with Gasteiger partial charge in [0.15, 0.2) is 6.79 Å². The molecule has 0 saturated heterocycles. The third kappa shape index (κ3) is 2.25. The molecule has 1 aliphatic rings. The van der Waals surface area contributed by atoms with Gasteiger partial charge in [-0.25, -0.2) is 0 Å². The summed E-state index contributed by atoms with van der Waals surface area (Å²) in [6.45, 7) is 4.38. The summed E-state index contributed by atoms with van der Waals surface area (Å²) in [6.07, 6.45) is 0. The molecule has 0 unspecified atom stereocenters. The molecule has 1 aliphatic heterocycles. The molecule has 2 heterocycles. The smallest absolute Gasteiger partial charge is 0.259 e. The number of carbonyl (C=O) groups is 1. The highest BCUT2D eigenvalue weighted by molar-refractivity contribution is 6.05. The lowest BCUT2D eigenvalue weighted by atomic mass is 10.1. The van der Waals surface area contributed by atoms with Crippen LogP contribution in [0.15, 0.2) is 18.2 Å². The first-order valence-corrected chi connectivity index (χ1v) is 6.31. The van der Waals surface area contributed by atoms with E-state index in [0.29, 0.717) is 23.6 Å². The van der Waals surface area contributed by atoms with Gasteiger partial charge in [-0.05, 0) is 32.0 Å². The predicted molar refractivity (Wildman–Crippen MR) is 72.7 cm³/mol. The summed E-state index contributed by atoms with van der Waals surface area (Å²) in [7, 11) is 0. The van der Waals surface area contributed by atoms with Gasteiger partial charge in [-0.1, -0.05) is 0 Å². The highest BCUT2D eigenvalue weighted by atomic mass is 16.7. The lowest BCUT2D eigenvalue weighted by Crippen LogP contribution is -2.15. The molecule has 3 rings (SSSR count). The molecule has 6 heteroatoms. The van der Waals surface area contributed by atoms with Crippen LogP contribution in [0.5, 0.6) is 5.75 Å².